The van der Waals surface area contributed by atoms with Crippen molar-refractivity contribution in [1.82, 2.24) is 9.97 Å². The van der Waals surface area contributed by atoms with Crippen molar-refractivity contribution in [2.24, 2.45) is 0 Å². The Morgan fingerprint density at radius 1 is 0.730 bits per heavy atom. The summed E-state index contributed by atoms with van der Waals surface area (Å²) in [7, 11) is 0. The fraction of sp³-hybridized carbons (Fsp3) is 0.581. The molecule has 0 aliphatic carbocycles. The molecule has 1 heterocycles. The lowest BCUT2D eigenvalue weighted by Gasteiger charge is -2.07. The predicted molar refractivity (Wildman–Crippen MR) is 150 cm³/mol. The van der Waals surface area contributed by atoms with E-state index in [1.165, 1.54) is 57.4 Å². The van der Waals surface area contributed by atoms with Crippen LogP contribution >= 0.6 is 0 Å². The van der Waals surface area contributed by atoms with Crippen LogP contribution in [-0.4, -0.2) is 35.8 Å². The Bertz CT molecular complexity index is 866. The number of nitrogens with zero attached hydrogens (tertiary/aromatic N) is 2. The van der Waals surface area contributed by atoms with Crippen molar-refractivity contribution < 1.29 is 19.0 Å². The van der Waals surface area contributed by atoms with Crippen LogP contribution in [0.2, 0.25) is 0 Å². The van der Waals surface area contributed by atoms with Gasteiger partial charge in [0.25, 0.3) is 0 Å². The van der Waals surface area contributed by atoms with Crippen LogP contribution in [0.3, 0.4) is 0 Å². The molecule has 1 aromatic carbocycles. The van der Waals surface area contributed by atoms with Crippen molar-refractivity contribution in [2.75, 3.05) is 19.8 Å². The van der Waals surface area contributed by atoms with Crippen molar-refractivity contribution in [2.45, 2.75) is 97.3 Å². The second-order valence-electron chi connectivity index (χ2n) is 9.38. The zero-order valence-corrected chi connectivity index (χ0v) is 23.0. The number of carbonyl (C=O) groups excluding carboxylic acids is 1. The van der Waals surface area contributed by atoms with Crippen LogP contribution in [0.1, 0.15) is 97.3 Å². The van der Waals surface area contributed by atoms with E-state index in [2.05, 4.69) is 23.8 Å². The quantitative estimate of drug-likeness (QED) is 0.0731. The second-order valence-corrected chi connectivity index (χ2v) is 9.38. The summed E-state index contributed by atoms with van der Waals surface area (Å²) in [6, 6.07) is 7.22. The zero-order chi connectivity index (χ0) is 26.4. The van der Waals surface area contributed by atoms with Gasteiger partial charge >= 0.3 is 5.97 Å². The zero-order valence-electron chi connectivity index (χ0n) is 23.0. The largest absolute Gasteiger partial charge is 0.490 e. The first kappa shape index (κ1) is 30.5. The number of rotatable bonds is 21. The minimum Gasteiger partial charge on any atom is -0.490 e. The fourth-order valence-electron chi connectivity index (χ4n) is 3.81. The second kappa shape index (κ2) is 20.3. The molecule has 0 saturated carbocycles. The molecular formula is C31H46N2O4. The van der Waals surface area contributed by atoms with Gasteiger partial charge in [0.15, 0.2) is 11.6 Å². The van der Waals surface area contributed by atoms with Crippen LogP contribution in [0.4, 0.5) is 0 Å². The SMILES string of the molecule is CCCCCCCCC/C=C/C(=O)Oc1ccc(-c2ncc(OCCCCOCCCCC)cn2)cc1. The lowest BCUT2D eigenvalue weighted by Crippen LogP contribution is -2.03. The molecule has 0 radical (unpaired) electrons. The van der Waals surface area contributed by atoms with Crippen molar-refractivity contribution in [3.05, 3.63) is 48.8 Å². The van der Waals surface area contributed by atoms with E-state index >= 15 is 0 Å². The maximum absolute atomic E-state index is 12.1. The van der Waals surface area contributed by atoms with E-state index < -0.39 is 0 Å². The van der Waals surface area contributed by atoms with Gasteiger partial charge in [-0.25, -0.2) is 14.8 Å². The molecule has 0 spiro atoms. The molecule has 2 aromatic rings. The minimum absolute atomic E-state index is 0.350. The van der Waals surface area contributed by atoms with E-state index in [-0.39, 0.29) is 5.97 Å². The molecular weight excluding hydrogens is 464 g/mol. The molecule has 0 N–H and O–H groups in total. The molecule has 0 atom stereocenters. The standard InChI is InChI=1S/C31H46N2O4/c1-3-5-7-8-9-10-11-12-13-17-30(34)37-28-20-18-27(19-21-28)31-32-25-29(26-33-31)36-24-16-15-23-35-22-14-6-4-2/h13,17-21,25-26H,3-12,14-16,22-24H2,1-2H3/b17-13+. The Kier molecular flexibility index (Phi) is 16.8. The molecule has 0 unspecified atom stereocenters. The first-order valence-electron chi connectivity index (χ1n) is 14.2. The molecule has 0 aliphatic rings. The van der Waals surface area contributed by atoms with Crippen molar-refractivity contribution in [3.63, 3.8) is 0 Å². The number of carbonyl (C=O) groups is 1. The fourth-order valence-corrected chi connectivity index (χ4v) is 3.81. The molecule has 0 fully saturated rings. The average molecular weight is 511 g/mol. The van der Waals surface area contributed by atoms with Crippen molar-refractivity contribution in [3.8, 4) is 22.9 Å². The highest BCUT2D eigenvalue weighted by molar-refractivity contribution is 5.84. The first-order valence-corrected chi connectivity index (χ1v) is 14.2. The van der Waals surface area contributed by atoms with Crippen LogP contribution in [0.15, 0.2) is 48.8 Å². The number of hydrogen-bond acceptors (Lipinski definition) is 6. The van der Waals surface area contributed by atoms with Gasteiger partial charge in [-0.3, -0.25) is 0 Å². The Balaban J connectivity index is 1.62. The monoisotopic (exact) mass is 510 g/mol. The summed E-state index contributed by atoms with van der Waals surface area (Å²) in [6.45, 7) is 6.68. The van der Waals surface area contributed by atoms with Gasteiger partial charge in [-0.05, 0) is 56.4 Å². The number of ether oxygens (including phenoxy) is 3. The number of hydrogen-bond donors (Lipinski definition) is 0. The van der Waals surface area contributed by atoms with E-state index in [4.69, 9.17) is 14.2 Å². The third kappa shape index (κ3) is 14.6. The summed E-state index contributed by atoms with van der Waals surface area (Å²) in [5.41, 5.74) is 0.848. The van der Waals surface area contributed by atoms with Crippen LogP contribution < -0.4 is 9.47 Å². The third-order valence-corrected chi connectivity index (χ3v) is 6.03. The number of allylic oxidation sites excluding steroid dienone is 1. The summed E-state index contributed by atoms with van der Waals surface area (Å²) in [6.07, 6.45) is 22.1. The molecule has 0 amide bonds. The minimum atomic E-state index is -0.350. The average Bonchev–Trinajstić information content (AvgIpc) is 2.92. The van der Waals surface area contributed by atoms with Gasteiger partial charge in [-0.1, -0.05) is 71.3 Å². The molecule has 0 saturated heterocycles. The highest BCUT2D eigenvalue weighted by Crippen LogP contribution is 2.21. The molecule has 37 heavy (non-hydrogen) atoms. The van der Waals surface area contributed by atoms with Gasteiger partial charge in [0.05, 0.1) is 19.0 Å². The van der Waals surface area contributed by atoms with E-state index in [1.807, 2.05) is 18.2 Å². The third-order valence-electron chi connectivity index (χ3n) is 6.03. The molecule has 6 heteroatoms. The molecule has 2 rings (SSSR count). The number of aromatic nitrogens is 2. The lowest BCUT2D eigenvalue weighted by molar-refractivity contribution is -0.129. The van der Waals surface area contributed by atoms with Crippen molar-refractivity contribution in [1.29, 1.82) is 0 Å². The van der Waals surface area contributed by atoms with Gasteiger partial charge in [-0.2, -0.15) is 0 Å². The molecule has 6 nitrogen and oxygen atoms in total. The normalized spacial score (nSPS) is 11.2. The Labute approximate surface area is 223 Å². The van der Waals surface area contributed by atoms with E-state index in [1.54, 1.807) is 24.5 Å². The molecule has 0 bridgehead atoms. The first-order chi connectivity index (χ1) is 18.2. The Hall–Kier alpha value is -2.73. The maximum atomic E-state index is 12.1. The summed E-state index contributed by atoms with van der Waals surface area (Å²) in [4.78, 5) is 20.9. The lowest BCUT2D eigenvalue weighted by atomic mass is 10.1. The molecule has 1 aromatic heterocycles. The van der Waals surface area contributed by atoms with E-state index in [0.717, 1.165) is 50.9 Å². The Morgan fingerprint density at radius 2 is 1.32 bits per heavy atom. The maximum Gasteiger partial charge on any atom is 0.335 e. The molecule has 0 aliphatic heterocycles. The van der Waals surface area contributed by atoms with Gasteiger partial charge in [0.1, 0.15) is 5.75 Å². The Morgan fingerprint density at radius 3 is 2.03 bits per heavy atom. The predicted octanol–water partition coefficient (Wildman–Crippen LogP) is 8.11. The summed E-state index contributed by atoms with van der Waals surface area (Å²) < 4.78 is 16.7. The number of esters is 1. The van der Waals surface area contributed by atoms with Crippen molar-refractivity contribution >= 4 is 5.97 Å². The van der Waals surface area contributed by atoms with E-state index in [0.29, 0.717) is 23.9 Å². The summed E-state index contributed by atoms with van der Waals surface area (Å²) >= 11 is 0. The highest BCUT2D eigenvalue weighted by Gasteiger charge is 2.05. The van der Waals surface area contributed by atoms with Gasteiger partial charge < -0.3 is 14.2 Å². The van der Waals surface area contributed by atoms with Crippen LogP contribution in [0.25, 0.3) is 11.4 Å². The van der Waals surface area contributed by atoms with Gasteiger partial charge in [0.2, 0.25) is 0 Å². The number of unbranched alkanes of at least 4 members (excludes halogenated alkanes) is 10. The van der Waals surface area contributed by atoms with Crippen LogP contribution in [0.5, 0.6) is 11.5 Å². The van der Waals surface area contributed by atoms with Crippen LogP contribution in [0, 0.1) is 0 Å². The van der Waals surface area contributed by atoms with Gasteiger partial charge in [-0.15, -0.1) is 0 Å². The topological polar surface area (TPSA) is 70.5 Å². The van der Waals surface area contributed by atoms with Crippen LogP contribution in [-0.2, 0) is 9.53 Å². The van der Waals surface area contributed by atoms with Gasteiger partial charge in [0, 0.05) is 24.9 Å². The highest BCUT2D eigenvalue weighted by atomic mass is 16.5. The van der Waals surface area contributed by atoms with E-state index in [9.17, 15) is 4.79 Å². The smallest absolute Gasteiger partial charge is 0.335 e. The molecule has 204 valence electrons. The summed E-state index contributed by atoms with van der Waals surface area (Å²) in [5.74, 6) is 1.40. The summed E-state index contributed by atoms with van der Waals surface area (Å²) in [5, 5.41) is 0. The number of benzene rings is 1.